The van der Waals surface area contributed by atoms with Crippen molar-refractivity contribution in [2.45, 2.75) is 18.5 Å². The molecule has 0 spiro atoms. The van der Waals surface area contributed by atoms with Crippen molar-refractivity contribution in [1.82, 2.24) is 10.2 Å². The highest BCUT2D eigenvalue weighted by Crippen LogP contribution is 2.20. The van der Waals surface area contributed by atoms with Gasteiger partial charge in [-0.1, -0.05) is 30.3 Å². The van der Waals surface area contributed by atoms with Crippen LogP contribution in [-0.2, 0) is 0 Å². The van der Waals surface area contributed by atoms with E-state index in [1.165, 1.54) is 23.5 Å². The Balaban J connectivity index is 1.93. The quantitative estimate of drug-likeness (QED) is 0.864. The molecule has 0 radical (unpaired) electrons. The molecule has 0 aliphatic carbocycles. The molecular formula is C14H22N2S. The monoisotopic (exact) mass is 250 g/mol. The first-order valence-electron chi connectivity index (χ1n) is 6.30. The standard InChI is InChI=1S/C14H22N2S/c1-16(2)14(12-6-4-3-5-7-12)10-15-13-8-9-17-11-13/h3-7,13-15H,8-11H2,1-2H3. The minimum Gasteiger partial charge on any atom is -0.311 e. The molecule has 1 aliphatic rings. The summed E-state index contributed by atoms with van der Waals surface area (Å²) in [5, 5.41) is 3.70. The number of nitrogens with zero attached hydrogens (tertiary/aromatic N) is 1. The molecule has 0 bridgehead atoms. The van der Waals surface area contributed by atoms with E-state index in [2.05, 4.69) is 66.4 Å². The highest BCUT2D eigenvalue weighted by molar-refractivity contribution is 7.99. The summed E-state index contributed by atoms with van der Waals surface area (Å²) in [6, 6.07) is 11.9. The molecule has 2 rings (SSSR count). The molecule has 1 saturated heterocycles. The van der Waals surface area contributed by atoms with E-state index >= 15 is 0 Å². The second-order valence-electron chi connectivity index (χ2n) is 4.86. The Bertz CT molecular complexity index is 320. The third-order valence-electron chi connectivity index (χ3n) is 3.34. The van der Waals surface area contributed by atoms with Gasteiger partial charge in [-0.2, -0.15) is 11.8 Å². The van der Waals surface area contributed by atoms with Crippen LogP contribution in [0.3, 0.4) is 0 Å². The Morgan fingerprint density at radius 3 is 2.71 bits per heavy atom. The molecule has 1 N–H and O–H groups in total. The Labute approximate surface area is 109 Å². The minimum atomic E-state index is 0.474. The van der Waals surface area contributed by atoms with Crippen molar-refractivity contribution >= 4 is 11.8 Å². The van der Waals surface area contributed by atoms with E-state index in [0.29, 0.717) is 12.1 Å². The molecule has 2 nitrogen and oxygen atoms in total. The van der Waals surface area contributed by atoms with E-state index in [1.54, 1.807) is 0 Å². The third kappa shape index (κ3) is 3.73. The maximum Gasteiger partial charge on any atom is 0.0466 e. The van der Waals surface area contributed by atoms with Crippen molar-refractivity contribution in [3.63, 3.8) is 0 Å². The van der Waals surface area contributed by atoms with Crippen LogP contribution in [0.4, 0.5) is 0 Å². The molecule has 0 aromatic heterocycles. The summed E-state index contributed by atoms with van der Waals surface area (Å²) in [6.45, 7) is 1.04. The lowest BCUT2D eigenvalue weighted by Crippen LogP contribution is -2.37. The zero-order valence-electron chi connectivity index (χ0n) is 10.7. The molecule has 1 fully saturated rings. The van der Waals surface area contributed by atoms with Crippen LogP contribution in [0.5, 0.6) is 0 Å². The van der Waals surface area contributed by atoms with E-state index in [4.69, 9.17) is 0 Å². The van der Waals surface area contributed by atoms with E-state index in [-0.39, 0.29) is 0 Å². The fourth-order valence-electron chi connectivity index (χ4n) is 2.25. The van der Waals surface area contributed by atoms with Crippen molar-refractivity contribution < 1.29 is 0 Å². The largest absolute Gasteiger partial charge is 0.311 e. The van der Waals surface area contributed by atoms with Gasteiger partial charge in [0.05, 0.1) is 0 Å². The Morgan fingerprint density at radius 1 is 1.35 bits per heavy atom. The maximum absolute atomic E-state index is 3.70. The second-order valence-corrected chi connectivity index (χ2v) is 6.01. The number of hydrogen-bond donors (Lipinski definition) is 1. The van der Waals surface area contributed by atoms with Crippen molar-refractivity contribution in [2.75, 3.05) is 32.1 Å². The Hall–Kier alpha value is -0.510. The first kappa shape index (κ1) is 12.9. The van der Waals surface area contributed by atoms with Gasteiger partial charge in [0.2, 0.25) is 0 Å². The van der Waals surface area contributed by atoms with Crippen LogP contribution in [0, 0.1) is 0 Å². The van der Waals surface area contributed by atoms with Crippen molar-refractivity contribution in [1.29, 1.82) is 0 Å². The summed E-state index contributed by atoms with van der Waals surface area (Å²) < 4.78 is 0. The predicted molar refractivity (Wildman–Crippen MR) is 76.6 cm³/mol. The van der Waals surface area contributed by atoms with Gasteiger partial charge in [-0.05, 0) is 31.8 Å². The molecule has 2 unspecified atom stereocenters. The average Bonchev–Trinajstić information content (AvgIpc) is 2.83. The summed E-state index contributed by atoms with van der Waals surface area (Å²) in [6.07, 6.45) is 1.32. The minimum absolute atomic E-state index is 0.474. The number of thioether (sulfide) groups is 1. The molecule has 1 aromatic rings. The van der Waals surface area contributed by atoms with Gasteiger partial charge in [-0.15, -0.1) is 0 Å². The van der Waals surface area contributed by atoms with Crippen LogP contribution in [0.1, 0.15) is 18.0 Å². The molecule has 1 heterocycles. The second kappa shape index (κ2) is 6.43. The number of nitrogens with one attached hydrogen (secondary N) is 1. The van der Waals surface area contributed by atoms with Crippen LogP contribution in [0.2, 0.25) is 0 Å². The summed E-state index contributed by atoms with van der Waals surface area (Å²) >= 11 is 2.06. The smallest absolute Gasteiger partial charge is 0.0466 e. The van der Waals surface area contributed by atoms with Crippen LogP contribution < -0.4 is 5.32 Å². The SMILES string of the molecule is CN(C)C(CNC1CCSC1)c1ccccc1. The first-order chi connectivity index (χ1) is 8.27. The fraction of sp³-hybridized carbons (Fsp3) is 0.571. The topological polar surface area (TPSA) is 15.3 Å². The molecule has 3 heteroatoms. The molecular weight excluding hydrogens is 228 g/mol. The fourth-order valence-corrected chi connectivity index (χ4v) is 3.43. The summed E-state index contributed by atoms with van der Waals surface area (Å²) in [4.78, 5) is 2.30. The van der Waals surface area contributed by atoms with Gasteiger partial charge >= 0.3 is 0 Å². The van der Waals surface area contributed by atoms with E-state index in [0.717, 1.165) is 6.54 Å². The maximum atomic E-state index is 3.70. The average molecular weight is 250 g/mol. The van der Waals surface area contributed by atoms with Crippen LogP contribution in [0.15, 0.2) is 30.3 Å². The van der Waals surface area contributed by atoms with E-state index in [1.807, 2.05) is 0 Å². The number of rotatable bonds is 5. The molecule has 0 saturated carbocycles. The molecule has 2 atom stereocenters. The van der Waals surface area contributed by atoms with Gasteiger partial charge in [0.1, 0.15) is 0 Å². The highest BCUT2D eigenvalue weighted by Gasteiger charge is 2.18. The van der Waals surface area contributed by atoms with E-state index < -0.39 is 0 Å². The van der Waals surface area contributed by atoms with Gasteiger partial charge in [0.15, 0.2) is 0 Å². The lowest BCUT2D eigenvalue weighted by molar-refractivity contribution is 0.282. The third-order valence-corrected chi connectivity index (χ3v) is 4.50. The van der Waals surface area contributed by atoms with Crippen molar-refractivity contribution in [3.05, 3.63) is 35.9 Å². The molecule has 17 heavy (non-hydrogen) atoms. The Morgan fingerprint density at radius 2 is 2.12 bits per heavy atom. The van der Waals surface area contributed by atoms with Crippen LogP contribution >= 0.6 is 11.8 Å². The lowest BCUT2D eigenvalue weighted by atomic mass is 10.1. The molecule has 94 valence electrons. The number of benzene rings is 1. The van der Waals surface area contributed by atoms with E-state index in [9.17, 15) is 0 Å². The molecule has 1 aliphatic heterocycles. The highest BCUT2D eigenvalue weighted by atomic mass is 32.2. The first-order valence-corrected chi connectivity index (χ1v) is 7.45. The molecule has 0 amide bonds. The van der Waals surface area contributed by atoms with Crippen LogP contribution in [-0.4, -0.2) is 43.1 Å². The van der Waals surface area contributed by atoms with Gasteiger partial charge in [-0.25, -0.2) is 0 Å². The van der Waals surface area contributed by atoms with Crippen molar-refractivity contribution in [2.24, 2.45) is 0 Å². The van der Waals surface area contributed by atoms with Gasteiger partial charge in [0.25, 0.3) is 0 Å². The zero-order chi connectivity index (χ0) is 12.1. The van der Waals surface area contributed by atoms with Crippen LogP contribution in [0.25, 0.3) is 0 Å². The zero-order valence-corrected chi connectivity index (χ0v) is 11.5. The normalized spacial score (nSPS) is 21.9. The van der Waals surface area contributed by atoms with Gasteiger partial charge < -0.3 is 10.2 Å². The summed E-state index contributed by atoms with van der Waals surface area (Å²) in [7, 11) is 4.31. The number of hydrogen-bond acceptors (Lipinski definition) is 3. The Kier molecular flexibility index (Phi) is 4.89. The van der Waals surface area contributed by atoms with Crippen molar-refractivity contribution in [3.8, 4) is 0 Å². The van der Waals surface area contributed by atoms with Gasteiger partial charge in [-0.3, -0.25) is 0 Å². The summed E-state index contributed by atoms with van der Waals surface area (Å²) in [5.41, 5.74) is 1.40. The predicted octanol–water partition coefficient (Wildman–Crippen LogP) is 2.38. The summed E-state index contributed by atoms with van der Waals surface area (Å²) in [5.74, 6) is 2.59. The van der Waals surface area contributed by atoms with Gasteiger partial charge in [0, 0.05) is 24.4 Å². The lowest BCUT2D eigenvalue weighted by Gasteiger charge is -2.26. The number of likely N-dealkylation sites (N-methyl/N-ethyl adjacent to an activating group) is 1. The molecule has 1 aromatic carbocycles.